The summed E-state index contributed by atoms with van der Waals surface area (Å²) in [7, 11) is 1.32. The summed E-state index contributed by atoms with van der Waals surface area (Å²) in [6.07, 6.45) is 0.216. The van der Waals surface area contributed by atoms with Gasteiger partial charge in [0.1, 0.15) is 0 Å². The molecule has 0 saturated carbocycles. The molecule has 0 bridgehead atoms. The number of hydrogen-bond donors (Lipinski definition) is 2. The van der Waals surface area contributed by atoms with Crippen LogP contribution in [0.4, 0.5) is 11.6 Å². The van der Waals surface area contributed by atoms with Crippen molar-refractivity contribution in [3.8, 4) is 0 Å². The van der Waals surface area contributed by atoms with Gasteiger partial charge in [-0.25, -0.2) is 4.98 Å². The Balaban J connectivity index is 2.09. The SMILES string of the molecule is COC(=O)CCNc1nc2ccc([N+](=O)[O-])cc2[nH]1. The predicted molar refractivity (Wildman–Crippen MR) is 67.9 cm³/mol. The summed E-state index contributed by atoms with van der Waals surface area (Å²) in [4.78, 5) is 28.2. The first kappa shape index (κ1) is 12.8. The number of aromatic nitrogens is 2. The first-order chi connectivity index (χ1) is 9.10. The molecule has 2 N–H and O–H groups in total. The number of hydrogen-bond acceptors (Lipinski definition) is 6. The molecule has 0 spiro atoms. The molecule has 19 heavy (non-hydrogen) atoms. The van der Waals surface area contributed by atoms with Crippen LogP contribution in [0.2, 0.25) is 0 Å². The van der Waals surface area contributed by atoms with Crippen LogP contribution in [0.25, 0.3) is 11.0 Å². The van der Waals surface area contributed by atoms with Crippen LogP contribution in [0.3, 0.4) is 0 Å². The van der Waals surface area contributed by atoms with Crippen molar-refractivity contribution in [1.29, 1.82) is 0 Å². The monoisotopic (exact) mass is 264 g/mol. The van der Waals surface area contributed by atoms with Crippen molar-refractivity contribution in [2.24, 2.45) is 0 Å². The van der Waals surface area contributed by atoms with Gasteiger partial charge in [-0.3, -0.25) is 14.9 Å². The maximum Gasteiger partial charge on any atom is 0.307 e. The van der Waals surface area contributed by atoms with Crippen LogP contribution in [0.5, 0.6) is 0 Å². The largest absolute Gasteiger partial charge is 0.469 e. The van der Waals surface area contributed by atoms with E-state index in [1.165, 1.54) is 19.2 Å². The zero-order valence-electron chi connectivity index (χ0n) is 10.2. The van der Waals surface area contributed by atoms with Gasteiger partial charge in [0, 0.05) is 18.7 Å². The van der Waals surface area contributed by atoms with E-state index in [1.807, 2.05) is 0 Å². The number of esters is 1. The van der Waals surface area contributed by atoms with Crippen LogP contribution in [0, 0.1) is 10.1 Å². The van der Waals surface area contributed by atoms with Crippen molar-refractivity contribution < 1.29 is 14.5 Å². The van der Waals surface area contributed by atoms with Gasteiger partial charge in [-0.2, -0.15) is 0 Å². The second kappa shape index (κ2) is 5.34. The molecule has 0 atom stereocenters. The van der Waals surface area contributed by atoms with E-state index >= 15 is 0 Å². The third kappa shape index (κ3) is 2.97. The van der Waals surface area contributed by atoms with Gasteiger partial charge in [-0.15, -0.1) is 0 Å². The number of carbonyl (C=O) groups is 1. The number of benzene rings is 1. The first-order valence-electron chi connectivity index (χ1n) is 5.55. The van der Waals surface area contributed by atoms with E-state index in [1.54, 1.807) is 6.07 Å². The van der Waals surface area contributed by atoms with Crippen molar-refractivity contribution in [3.05, 3.63) is 28.3 Å². The summed E-state index contributed by atoms with van der Waals surface area (Å²) in [5, 5.41) is 13.5. The topological polar surface area (TPSA) is 110 Å². The molecule has 8 nitrogen and oxygen atoms in total. The highest BCUT2D eigenvalue weighted by molar-refractivity contribution is 5.80. The number of nitro benzene ring substituents is 1. The van der Waals surface area contributed by atoms with E-state index in [9.17, 15) is 14.9 Å². The normalized spacial score (nSPS) is 10.4. The second-order valence-corrected chi connectivity index (χ2v) is 3.80. The van der Waals surface area contributed by atoms with E-state index in [0.29, 0.717) is 23.5 Å². The minimum atomic E-state index is -0.468. The highest BCUT2D eigenvalue weighted by atomic mass is 16.6. The molecule has 100 valence electrons. The van der Waals surface area contributed by atoms with Gasteiger partial charge in [0.25, 0.3) is 5.69 Å². The van der Waals surface area contributed by atoms with Crippen molar-refractivity contribution in [1.82, 2.24) is 9.97 Å². The first-order valence-corrected chi connectivity index (χ1v) is 5.55. The van der Waals surface area contributed by atoms with Gasteiger partial charge >= 0.3 is 5.97 Å². The van der Waals surface area contributed by atoms with Crippen LogP contribution >= 0.6 is 0 Å². The van der Waals surface area contributed by atoms with E-state index in [4.69, 9.17) is 0 Å². The number of nitro groups is 1. The van der Waals surface area contributed by atoms with Gasteiger partial charge in [-0.1, -0.05) is 0 Å². The van der Waals surface area contributed by atoms with Gasteiger partial charge < -0.3 is 15.0 Å². The summed E-state index contributed by atoms with van der Waals surface area (Å²) in [5.74, 6) is 0.138. The van der Waals surface area contributed by atoms with Crippen LogP contribution < -0.4 is 5.32 Å². The smallest absolute Gasteiger partial charge is 0.307 e. The van der Waals surface area contributed by atoms with Crippen molar-refractivity contribution in [2.75, 3.05) is 19.0 Å². The average Bonchev–Trinajstić information content (AvgIpc) is 2.79. The number of rotatable bonds is 5. The fourth-order valence-electron chi connectivity index (χ4n) is 1.58. The number of anilines is 1. The number of nitrogens with zero attached hydrogens (tertiary/aromatic N) is 2. The summed E-state index contributed by atoms with van der Waals surface area (Å²) in [6, 6.07) is 4.37. The zero-order valence-corrected chi connectivity index (χ0v) is 10.2. The quantitative estimate of drug-likeness (QED) is 0.480. The molecule has 0 aliphatic carbocycles. The number of non-ortho nitro benzene ring substituents is 1. The summed E-state index contributed by atoms with van der Waals surface area (Å²) in [5.41, 5.74) is 1.18. The molecule has 0 saturated heterocycles. The van der Waals surface area contributed by atoms with E-state index in [-0.39, 0.29) is 18.1 Å². The molecule has 1 heterocycles. The number of aromatic amines is 1. The summed E-state index contributed by atoms with van der Waals surface area (Å²) < 4.78 is 4.50. The molecular formula is C11H12N4O4. The molecule has 0 fully saturated rings. The molecule has 0 radical (unpaired) electrons. The third-order valence-electron chi connectivity index (χ3n) is 2.53. The lowest BCUT2D eigenvalue weighted by atomic mass is 10.3. The molecule has 0 amide bonds. The molecule has 8 heteroatoms. The van der Waals surface area contributed by atoms with Crippen LogP contribution in [0.1, 0.15) is 6.42 Å². The molecule has 2 aromatic rings. The van der Waals surface area contributed by atoms with Crippen molar-refractivity contribution >= 4 is 28.6 Å². The number of fused-ring (bicyclic) bond motifs is 1. The Bertz CT molecular complexity index is 622. The molecule has 2 rings (SSSR count). The Kier molecular flexibility index (Phi) is 3.60. The standard InChI is InChI=1S/C11H12N4O4/c1-19-10(16)4-5-12-11-13-8-3-2-7(15(17)18)6-9(8)14-11/h2-3,6H,4-5H2,1H3,(H2,12,13,14). The van der Waals surface area contributed by atoms with Gasteiger partial charge in [-0.05, 0) is 6.07 Å². The lowest BCUT2D eigenvalue weighted by Crippen LogP contribution is -2.10. The lowest BCUT2D eigenvalue weighted by Gasteiger charge is -2.00. The molecule has 0 aliphatic rings. The zero-order chi connectivity index (χ0) is 13.8. The predicted octanol–water partition coefficient (Wildman–Crippen LogP) is 1.45. The number of carbonyl (C=O) groups excluding carboxylic acids is 1. The Hall–Kier alpha value is -2.64. The maximum atomic E-state index is 10.9. The Morgan fingerprint density at radius 2 is 2.37 bits per heavy atom. The molecule has 1 aromatic heterocycles. The minimum Gasteiger partial charge on any atom is -0.469 e. The van der Waals surface area contributed by atoms with E-state index in [0.717, 1.165) is 0 Å². The van der Waals surface area contributed by atoms with Gasteiger partial charge in [0.15, 0.2) is 0 Å². The highest BCUT2D eigenvalue weighted by Crippen LogP contribution is 2.20. The number of H-pyrrole nitrogens is 1. The summed E-state index contributed by atoms with van der Waals surface area (Å²) >= 11 is 0. The highest BCUT2D eigenvalue weighted by Gasteiger charge is 2.09. The number of nitrogens with one attached hydrogen (secondary N) is 2. The third-order valence-corrected chi connectivity index (χ3v) is 2.53. The molecular weight excluding hydrogens is 252 g/mol. The molecule has 0 aliphatic heterocycles. The summed E-state index contributed by atoms with van der Waals surface area (Å²) in [6.45, 7) is 0.370. The Labute approximate surface area is 107 Å². The van der Waals surface area contributed by atoms with Crippen LogP contribution in [-0.4, -0.2) is 34.5 Å². The fraction of sp³-hybridized carbons (Fsp3) is 0.273. The molecule has 0 unspecified atom stereocenters. The number of methoxy groups -OCH3 is 1. The Morgan fingerprint density at radius 1 is 1.58 bits per heavy atom. The lowest BCUT2D eigenvalue weighted by molar-refractivity contribution is -0.384. The molecule has 1 aromatic carbocycles. The van der Waals surface area contributed by atoms with Crippen molar-refractivity contribution in [3.63, 3.8) is 0 Å². The second-order valence-electron chi connectivity index (χ2n) is 3.80. The van der Waals surface area contributed by atoms with Crippen LogP contribution in [-0.2, 0) is 9.53 Å². The van der Waals surface area contributed by atoms with E-state index in [2.05, 4.69) is 20.0 Å². The van der Waals surface area contributed by atoms with Gasteiger partial charge in [0.05, 0.1) is 29.5 Å². The Morgan fingerprint density at radius 3 is 3.05 bits per heavy atom. The van der Waals surface area contributed by atoms with Crippen molar-refractivity contribution in [2.45, 2.75) is 6.42 Å². The number of ether oxygens (including phenoxy) is 1. The fourth-order valence-corrected chi connectivity index (χ4v) is 1.58. The van der Waals surface area contributed by atoms with Crippen LogP contribution in [0.15, 0.2) is 18.2 Å². The van der Waals surface area contributed by atoms with E-state index < -0.39 is 4.92 Å². The maximum absolute atomic E-state index is 10.9. The number of imidazole rings is 1. The average molecular weight is 264 g/mol. The minimum absolute atomic E-state index is 0.00254. The van der Waals surface area contributed by atoms with Gasteiger partial charge in [0.2, 0.25) is 5.95 Å².